The van der Waals surface area contributed by atoms with Crippen LogP contribution >= 0.6 is 0 Å². The lowest BCUT2D eigenvalue weighted by molar-refractivity contribution is -0.142. The molecule has 1 saturated heterocycles. The van der Waals surface area contributed by atoms with E-state index in [0.717, 1.165) is 24.1 Å². The first-order valence-corrected chi connectivity index (χ1v) is 11.4. The lowest BCUT2D eigenvalue weighted by Crippen LogP contribution is -2.49. The van der Waals surface area contributed by atoms with Crippen molar-refractivity contribution in [2.45, 2.75) is 45.7 Å². The molecule has 3 rings (SSSR count). The number of aromatic hydroxyl groups is 1. The predicted molar refractivity (Wildman–Crippen MR) is 124 cm³/mol. The van der Waals surface area contributed by atoms with Crippen molar-refractivity contribution in [2.75, 3.05) is 13.1 Å². The molecule has 2 aromatic rings. The minimum absolute atomic E-state index is 0.0776. The molecule has 0 bridgehead atoms. The minimum Gasteiger partial charge on any atom is -0.508 e. The van der Waals surface area contributed by atoms with Crippen LogP contribution in [-0.4, -0.2) is 46.1 Å². The number of aliphatic carboxylic acids is 1. The Morgan fingerprint density at radius 1 is 1.12 bits per heavy atom. The molecule has 0 radical (unpaired) electrons. The van der Waals surface area contributed by atoms with Crippen molar-refractivity contribution in [1.82, 2.24) is 10.2 Å². The van der Waals surface area contributed by atoms with Gasteiger partial charge in [0.05, 0.1) is 5.92 Å². The lowest BCUT2D eigenvalue weighted by Gasteiger charge is -2.45. The molecule has 3 N–H and O–H groups in total. The minimum atomic E-state index is -1.05. The van der Waals surface area contributed by atoms with Crippen LogP contribution in [0.5, 0.6) is 5.75 Å². The summed E-state index contributed by atoms with van der Waals surface area (Å²) in [6.45, 7) is 7.33. The molecule has 2 aromatic carbocycles. The van der Waals surface area contributed by atoms with Crippen LogP contribution in [0.3, 0.4) is 0 Å². The van der Waals surface area contributed by atoms with Crippen molar-refractivity contribution in [2.24, 2.45) is 17.8 Å². The summed E-state index contributed by atoms with van der Waals surface area (Å²) in [6, 6.07) is 16.3. The first kappa shape index (κ1) is 23.8. The average Bonchev–Trinajstić information content (AvgIpc) is 2.76. The number of carboxylic acid groups (broad SMARTS) is 1. The normalized spacial score (nSPS) is 23.3. The molecule has 0 aromatic heterocycles. The number of carbonyl (C=O) groups is 2. The molecule has 0 saturated carbocycles. The number of carboxylic acids is 1. The summed E-state index contributed by atoms with van der Waals surface area (Å²) in [4.78, 5) is 26.8. The van der Waals surface area contributed by atoms with E-state index in [4.69, 9.17) is 0 Å². The molecule has 1 aliphatic rings. The topological polar surface area (TPSA) is 89.9 Å². The van der Waals surface area contributed by atoms with Gasteiger partial charge >= 0.3 is 5.97 Å². The number of carbonyl (C=O) groups excluding carboxylic acids is 1. The first-order chi connectivity index (χ1) is 15.3. The van der Waals surface area contributed by atoms with E-state index in [1.165, 1.54) is 6.92 Å². The van der Waals surface area contributed by atoms with Crippen LogP contribution in [0.25, 0.3) is 0 Å². The highest BCUT2D eigenvalue weighted by atomic mass is 16.4. The fourth-order valence-electron chi connectivity index (χ4n) is 4.66. The van der Waals surface area contributed by atoms with Crippen molar-refractivity contribution < 1.29 is 19.8 Å². The van der Waals surface area contributed by atoms with Gasteiger partial charge < -0.3 is 15.5 Å². The van der Waals surface area contributed by atoms with E-state index in [0.29, 0.717) is 24.8 Å². The third kappa shape index (κ3) is 5.88. The van der Waals surface area contributed by atoms with Gasteiger partial charge in [-0.2, -0.15) is 0 Å². The zero-order valence-electron chi connectivity index (χ0n) is 19.1. The molecule has 0 spiro atoms. The number of likely N-dealkylation sites (tertiary alicyclic amines) is 1. The highest BCUT2D eigenvalue weighted by molar-refractivity contribution is 5.85. The van der Waals surface area contributed by atoms with E-state index >= 15 is 0 Å². The smallest absolute Gasteiger partial charge is 0.325 e. The molecule has 1 amide bonds. The monoisotopic (exact) mass is 438 g/mol. The maximum Gasteiger partial charge on any atom is 0.325 e. The summed E-state index contributed by atoms with van der Waals surface area (Å²) < 4.78 is 0. The molecular weight excluding hydrogens is 404 g/mol. The number of benzene rings is 2. The molecule has 1 heterocycles. The fourth-order valence-corrected chi connectivity index (χ4v) is 4.66. The molecule has 32 heavy (non-hydrogen) atoms. The van der Waals surface area contributed by atoms with Gasteiger partial charge in [-0.05, 0) is 61.4 Å². The van der Waals surface area contributed by atoms with Crippen LogP contribution in [0.15, 0.2) is 54.6 Å². The van der Waals surface area contributed by atoms with Crippen LogP contribution in [0.4, 0.5) is 0 Å². The Kier molecular flexibility index (Phi) is 7.91. The van der Waals surface area contributed by atoms with Crippen molar-refractivity contribution in [3.63, 3.8) is 0 Å². The maximum atomic E-state index is 13.1. The molecular formula is C26H34N2O4. The Morgan fingerprint density at radius 2 is 1.84 bits per heavy atom. The summed E-state index contributed by atoms with van der Waals surface area (Å²) in [6.07, 6.45) is 1.56. The van der Waals surface area contributed by atoms with Crippen LogP contribution in [-0.2, 0) is 16.0 Å². The summed E-state index contributed by atoms with van der Waals surface area (Å²) in [5, 5.41) is 22.0. The van der Waals surface area contributed by atoms with Crippen molar-refractivity contribution in [3.05, 3.63) is 65.7 Å². The van der Waals surface area contributed by atoms with Gasteiger partial charge in [0.2, 0.25) is 5.91 Å². The van der Waals surface area contributed by atoms with Crippen LogP contribution in [0, 0.1) is 17.8 Å². The molecule has 6 heteroatoms. The van der Waals surface area contributed by atoms with E-state index in [9.17, 15) is 19.8 Å². The Morgan fingerprint density at radius 3 is 2.50 bits per heavy atom. The number of hydrogen-bond acceptors (Lipinski definition) is 4. The highest BCUT2D eigenvalue weighted by Gasteiger charge is 2.36. The van der Waals surface area contributed by atoms with Gasteiger partial charge in [-0.25, -0.2) is 0 Å². The third-order valence-electron chi connectivity index (χ3n) is 6.75. The molecule has 172 valence electrons. The first-order valence-electron chi connectivity index (χ1n) is 11.4. The standard InChI is InChI=1S/C26H34N2O4/c1-17-12-13-28(24(18(17)2)21-10-7-11-23(29)15-21)16-22(14-20-8-5-4-6-9-20)25(30)27-19(3)26(31)32/h4-11,15,17-19,22,24,29H,12-14,16H2,1-3H3,(H,27,30)(H,31,32)/t17-,18-,19-,22+,24?/m1/s1. The highest BCUT2D eigenvalue weighted by Crippen LogP contribution is 2.40. The Labute approximate surface area is 190 Å². The number of amides is 1. The van der Waals surface area contributed by atoms with E-state index in [-0.39, 0.29) is 23.6 Å². The number of hydrogen-bond donors (Lipinski definition) is 3. The Balaban J connectivity index is 1.87. The average molecular weight is 439 g/mol. The van der Waals surface area contributed by atoms with Gasteiger partial charge in [-0.3, -0.25) is 14.5 Å². The number of piperidine rings is 1. The number of nitrogens with zero attached hydrogens (tertiary/aromatic N) is 1. The Bertz CT molecular complexity index is 917. The second-order valence-electron chi connectivity index (χ2n) is 9.11. The number of phenols is 1. The van der Waals surface area contributed by atoms with Crippen molar-refractivity contribution >= 4 is 11.9 Å². The van der Waals surface area contributed by atoms with Gasteiger partial charge in [-0.15, -0.1) is 0 Å². The summed E-state index contributed by atoms with van der Waals surface area (Å²) in [7, 11) is 0. The fraction of sp³-hybridized carbons (Fsp3) is 0.462. The zero-order chi connectivity index (χ0) is 23.3. The van der Waals surface area contributed by atoms with Gasteiger partial charge in [0, 0.05) is 12.6 Å². The quantitative estimate of drug-likeness (QED) is 0.582. The molecule has 1 aliphatic heterocycles. The second-order valence-corrected chi connectivity index (χ2v) is 9.11. The molecule has 5 atom stereocenters. The maximum absolute atomic E-state index is 13.1. The molecule has 1 unspecified atom stereocenters. The number of rotatable bonds is 8. The molecule has 0 aliphatic carbocycles. The van der Waals surface area contributed by atoms with E-state index in [1.54, 1.807) is 6.07 Å². The van der Waals surface area contributed by atoms with E-state index in [2.05, 4.69) is 24.1 Å². The number of phenolic OH excluding ortho intramolecular Hbond substituents is 1. The third-order valence-corrected chi connectivity index (χ3v) is 6.75. The van der Waals surface area contributed by atoms with Crippen LogP contribution < -0.4 is 5.32 Å². The summed E-state index contributed by atoms with van der Waals surface area (Å²) >= 11 is 0. The second kappa shape index (κ2) is 10.6. The van der Waals surface area contributed by atoms with Crippen LogP contribution in [0.1, 0.15) is 44.4 Å². The lowest BCUT2D eigenvalue weighted by atomic mass is 9.78. The SMILES string of the molecule is C[C@@H]1CCN(C[C@H](Cc2ccccc2)C(=O)N[C@H](C)C(=O)O)C(c2cccc(O)c2)[C@@H]1C. The predicted octanol–water partition coefficient (Wildman–Crippen LogP) is 3.86. The summed E-state index contributed by atoms with van der Waals surface area (Å²) in [5.41, 5.74) is 2.09. The van der Waals surface area contributed by atoms with E-state index in [1.807, 2.05) is 48.5 Å². The van der Waals surface area contributed by atoms with Gasteiger partial charge in [0.25, 0.3) is 0 Å². The largest absolute Gasteiger partial charge is 0.508 e. The van der Waals surface area contributed by atoms with Gasteiger partial charge in [0.1, 0.15) is 11.8 Å². The number of nitrogens with one attached hydrogen (secondary N) is 1. The molecule has 6 nitrogen and oxygen atoms in total. The summed E-state index contributed by atoms with van der Waals surface area (Å²) in [5.74, 6) is -0.572. The van der Waals surface area contributed by atoms with Gasteiger partial charge in [-0.1, -0.05) is 56.3 Å². The van der Waals surface area contributed by atoms with Crippen LogP contribution in [0.2, 0.25) is 0 Å². The van der Waals surface area contributed by atoms with Gasteiger partial charge in [0.15, 0.2) is 0 Å². The van der Waals surface area contributed by atoms with Crippen molar-refractivity contribution in [3.8, 4) is 5.75 Å². The zero-order valence-corrected chi connectivity index (χ0v) is 19.1. The van der Waals surface area contributed by atoms with Crippen molar-refractivity contribution in [1.29, 1.82) is 0 Å². The Hall–Kier alpha value is -2.86. The van der Waals surface area contributed by atoms with E-state index < -0.39 is 12.0 Å². The molecule has 1 fully saturated rings.